The van der Waals surface area contributed by atoms with Gasteiger partial charge in [-0.05, 0) is 32.6 Å². The Morgan fingerprint density at radius 2 is 2.29 bits per heavy atom. The Morgan fingerprint density at radius 3 is 2.86 bits per heavy atom. The van der Waals surface area contributed by atoms with Crippen molar-refractivity contribution in [2.45, 2.75) is 33.6 Å². The molecule has 14 heavy (non-hydrogen) atoms. The van der Waals surface area contributed by atoms with E-state index in [9.17, 15) is 0 Å². The molecule has 0 aliphatic heterocycles. The van der Waals surface area contributed by atoms with Crippen LogP contribution in [0.4, 0.5) is 0 Å². The van der Waals surface area contributed by atoms with Crippen LogP contribution >= 0.6 is 0 Å². The summed E-state index contributed by atoms with van der Waals surface area (Å²) >= 11 is 0. The number of nitrogens with zero attached hydrogens (tertiary/aromatic N) is 2. The van der Waals surface area contributed by atoms with Crippen LogP contribution in [0.1, 0.15) is 33.6 Å². The maximum atomic E-state index is 4.32. The summed E-state index contributed by atoms with van der Waals surface area (Å²) in [5.41, 5.74) is 2.74. The minimum absolute atomic E-state index is 0.617. The lowest BCUT2D eigenvalue weighted by atomic mass is 9.81. The van der Waals surface area contributed by atoms with Gasteiger partial charge in [0, 0.05) is 18.7 Å². The van der Waals surface area contributed by atoms with Gasteiger partial charge in [-0.2, -0.15) is 0 Å². The summed E-state index contributed by atoms with van der Waals surface area (Å²) in [6.07, 6.45) is 6.37. The van der Waals surface area contributed by atoms with Crippen LogP contribution in [-0.4, -0.2) is 19.1 Å². The van der Waals surface area contributed by atoms with Gasteiger partial charge < -0.3 is 0 Å². The number of hydrogen-bond acceptors (Lipinski definition) is 1. The molecule has 78 valence electrons. The SMILES string of the molecule is C/N=C\N=C(\C)C1CC=C(C)C(C)C1. The second-order valence-electron chi connectivity index (χ2n) is 4.16. The second kappa shape index (κ2) is 5.08. The van der Waals surface area contributed by atoms with Gasteiger partial charge in [-0.1, -0.05) is 18.6 Å². The molecule has 0 saturated heterocycles. The highest BCUT2D eigenvalue weighted by Crippen LogP contribution is 2.29. The average molecular weight is 192 g/mol. The Bertz CT molecular complexity index is 274. The molecule has 1 aliphatic carbocycles. The van der Waals surface area contributed by atoms with Gasteiger partial charge >= 0.3 is 0 Å². The molecule has 0 aromatic carbocycles. The molecule has 0 radical (unpaired) electrons. The highest BCUT2D eigenvalue weighted by Gasteiger charge is 2.20. The van der Waals surface area contributed by atoms with Crippen molar-refractivity contribution in [2.75, 3.05) is 7.05 Å². The number of allylic oxidation sites excluding steroid dienone is 2. The quantitative estimate of drug-likeness (QED) is 0.365. The van der Waals surface area contributed by atoms with Crippen LogP contribution in [0.3, 0.4) is 0 Å². The Balaban J connectivity index is 2.64. The Kier molecular flexibility index (Phi) is 4.05. The second-order valence-corrected chi connectivity index (χ2v) is 4.16. The van der Waals surface area contributed by atoms with Crippen LogP contribution in [0.15, 0.2) is 21.6 Å². The molecule has 0 fully saturated rings. The standard InChI is InChI=1S/C12H20N2/c1-9-5-6-12(7-10(9)2)11(3)14-8-13-4/h5,8,10,12H,6-7H2,1-4H3/b13-8-,14-11-. The van der Waals surface area contributed by atoms with Gasteiger partial charge in [0.2, 0.25) is 0 Å². The highest BCUT2D eigenvalue weighted by molar-refractivity contribution is 5.90. The summed E-state index contributed by atoms with van der Waals surface area (Å²) in [5, 5.41) is 0. The molecule has 2 unspecified atom stereocenters. The van der Waals surface area contributed by atoms with Crippen molar-refractivity contribution in [1.29, 1.82) is 0 Å². The molecule has 1 aliphatic rings. The van der Waals surface area contributed by atoms with E-state index in [0.29, 0.717) is 11.8 Å². The zero-order valence-electron chi connectivity index (χ0n) is 9.62. The molecule has 0 spiro atoms. The van der Waals surface area contributed by atoms with Crippen molar-refractivity contribution < 1.29 is 0 Å². The van der Waals surface area contributed by atoms with E-state index in [1.807, 2.05) is 0 Å². The molecule has 0 bridgehead atoms. The lowest BCUT2D eigenvalue weighted by molar-refractivity contribution is 0.487. The molecule has 2 atom stereocenters. The van der Waals surface area contributed by atoms with E-state index in [1.54, 1.807) is 13.4 Å². The molecule has 2 nitrogen and oxygen atoms in total. The predicted octanol–water partition coefficient (Wildman–Crippen LogP) is 3.10. The van der Waals surface area contributed by atoms with E-state index >= 15 is 0 Å². The van der Waals surface area contributed by atoms with Gasteiger partial charge in [0.1, 0.15) is 6.34 Å². The van der Waals surface area contributed by atoms with E-state index in [1.165, 1.54) is 17.7 Å². The molecule has 2 heteroatoms. The topological polar surface area (TPSA) is 24.7 Å². The van der Waals surface area contributed by atoms with Gasteiger partial charge in [-0.15, -0.1) is 0 Å². The summed E-state index contributed by atoms with van der Waals surface area (Å²) in [5.74, 6) is 1.32. The molecule has 0 aromatic heterocycles. The van der Waals surface area contributed by atoms with Crippen LogP contribution in [0.2, 0.25) is 0 Å². The fourth-order valence-corrected chi connectivity index (χ4v) is 1.83. The molecular weight excluding hydrogens is 172 g/mol. The van der Waals surface area contributed by atoms with Crippen molar-refractivity contribution in [3.05, 3.63) is 11.6 Å². The van der Waals surface area contributed by atoms with E-state index < -0.39 is 0 Å². The van der Waals surface area contributed by atoms with Gasteiger partial charge in [0.05, 0.1) is 0 Å². The maximum absolute atomic E-state index is 4.32. The first kappa shape index (κ1) is 11.2. The molecular formula is C12H20N2. The third kappa shape index (κ3) is 2.79. The molecule has 1 rings (SSSR count). The summed E-state index contributed by atoms with van der Waals surface area (Å²) < 4.78 is 0. The Hall–Kier alpha value is -0.920. The van der Waals surface area contributed by atoms with E-state index in [4.69, 9.17) is 0 Å². The third-order valence-corrected chi connectivity index (χ3v) is 3.11. The van der Waals surface area contributed by atoms with Crippen LogP contribution in [0.5, 0.6) is 0 Å². The van der Waals surface area contributed by atoms with Gasteiger partial charge in [0.15, 0.2) is 0 Å². The maximum Gasteiger partial charge on any atom is 0.109 e. The van der Waals surface area contributed by atoms with Crippen LogP contribution in [-0.2, 0) is 0 Å². The smallest absolute Gasteiger partial charge is 0.109 e. The van der Waals surface area contributed by atoms with Crippen LogP contribution in [0.25, 0.3) is 0 Å². The molecule has 0 aromatic rings. The molecule has 0 saturated carbocycles. The minimum Gasteiger partial charge on any atom is -0.277 e. The number of aliphatic imine (C=N–C) groups is 2. The lowest BCUT2D eigenvalue weighted by Crippen LogP contribution is -2.19. The Labute approximate surface area is 86.8 Å². The fraction of sp³-hybridized carbons (Fsp3) is 0.667. The minimum atomic E-state index is 0.617. The first-order valence-electron chi connectivity index (χ1n) is 5.26. The van der Waals surface area contributed by atoms with Crippen molar-refractivity contribution in [2.24, 2.45) is 21.8 Å². The van der Waals surface area contributed by atoms with Gasteiger partial charge in [-0.3, -0.25) is 4.99 Å². The normalized spacial score (nSPS) is 29.4. The summed E-state index contributed by atoms with van der Waals surface area (Å²) in [6.45, 7) is 6.62. The van der Waals surface area contributed by atoms with Crippen molar-refractivity contribution in [1.82, 2.24) is 0 Å². The number of hydrogen-bond donors (Lipinski definition) is 0. The first-order valence-corrected chi connectivity index (χ1v) is 5.26. The summed E-state index contributed by atoms with van der Waals surface area (Å²) in [4.78, 5) is 8.20. The van der Waals surface area contributed by atoms with Crippen molar-refractivity contribution >= 4 is 12.1 Å². The monoisotopic (exact) mass is 192 g/mol. The molecule has 0 heterocycles. The predicted molar refractivity (Wildman–Crippen MR) is 63.2 cm³/mol. The van der Waals surface area contributed by atoms with E-state index in [0.717, 1.165) is 6.42 Å². The van der Waals surface area contributed by atoms with Crippen molar-refractivity contribution in [3.8, 4) is 0 Å². The zero-order chi connectivity index (χ0) is 10.6. The zero-order valence-corrected chi connectivity index (χ0v) is 9.62. The lowest BCUT2D eigenvalue weighted by Gasteiger charge is -2.25. The fourth-order valence-electron chi connectivity index (χ4n) is 1.83. The van der Waals surface area contributed by atoms with E-state index in [-0.39, 0.29) is 0 Å². The average Bonchev–Trinajstić information content (AvgIpc) is 2.18. The van der Waals surface area contributed by atoms with Gasteiger partial charge in [0.25, 0.3) is 0 Å². The summed E-state index contributed by atoms with van der Waals surface area (Å²) in [6, 6.07) is 0. The molecule has 0 N–H and O–H groups in total. The largest absolute Gasteiger partial charge is 0.277 e. The van der Waals surface area contributed by atoms with Crippen molar-refractivity contribution in [3.63, 3.8) is 0 Å². The number of rotatable bonds is 2. The third-order valence-electron chi connectivity index (χ3n) is 3.11. The highest BCUT2D eigenvalue weighted by atomic mass is 14.8. The Morgan fingerprint density at radius 1 is 1.57 bits per heavy atom. The first-order chi connectivity index (χ1) is 6.65. The van der Waals surface area contributed by atoms with Gasteiger partial charge in [-0.25, -0.2) is 4.99 Å². The van der Waals surface area contributed by atoms with E-state index in [2.05, 4.69) is 36.8 Å². The molecule has 0 amide bonds. The summed E-state index contributed by atoms with van der Waals surface area (Å²) in [7, 11) is 1.75. The van der Waals surface area contributed by atoms with Crippen LogP contribution in [0, 0.1) is 11.8 Å². The van der Waals surface area contributed by atoms with Crippen LogP contribution < -0.4 is 0 Å².